The minimum absolute atomic E-state index is 0.269. The molecule has 0 bridgehead atoms. The molecule has 128 valence electrons. The minimum Gasteiger partial charge on any atom is -0.383 e. The summed E-state index contributed by atoms with van der Waals surface area (Å²) in [5.41, 5.74) is 1.79. The molecule has 2 aromatic rings. The average Bonchev–Trinajstić information content (AvgIpc) is 3.02. The number of benzene rings is 1. The molecular formula is C15H15BrClN3O3S. The Bertz CT molecular complexity index is 739. The van der Waals surface area contributed by atoms with E-state index >= 15 is 0 Å². The highest BCUT2D eigenvalue weighted by atomic mass is 79.9. The zero-order valence-corrected chi connectivity index (χ0v) is 15.9. The van der Waals surface area contributed by atoms with E-state index in [9.17, 15) is 9.59 Å². The molecular weight excluding hydrogens is 418 g/mol. The Hall–Kier alpha value is -1.48. The summed E-state index contributed by atoms with van der Waals surface area (Å²) >= 11 is 10.4. The first-order chi connectivity index (χ1) is 11.5. The molecule has 1 heterocycles. The predicted molar refractivity (Wildman–Crippen MR) is 98.0 cm³/mol. The van der Waals surface area contributed by atoms with Crippen molar-refractivity contribution in [1.82, 2.24) is 10.3 Å². The SMILES string of the molecule is COCCNC(=O)c1cc(CCl)ccc1NC(=O)c1csc(Br)n1. The van der Waals surface area contributed by atoms with Crippen LogP contribution < -0.4 is 10.6 Å². The van der Waals surface area contributed by atoms with Gasteiger partial charge in [0.2, 0.25) is 0 Å². The van der Waals surface area contributed by atoms with Crippen LogP contribution in [0.4, 0.5) is 5.69 Å². The number of halogens is 2. The number of nitrogens with zero attached hydrogens (tertiary/aromatic N) is 1. The zero-order valence-electron chi connectivity index (χ0n) is 12.8. The molecule has 0 radical (unpaired) electrons. The van der Waals surface area contributed by atoms with E-state index in [1.807, 2.05) is 0 Å². The fourth-order valence-electron chi connectivity index (χ4n) is 1.88. The van der Waals surface area contributed by atoms with Gasteiger partial charge in [-0.3, -0.25) is 9.59 Å². The van der Waals surface area contributed by atoms with Gasteiger partial charge in [-0.2, -0.15) is 0 Å². The summed E-state index contributed by atoms with van der Waals surface area (Å²) in [4.78, 5) is 28.7. The van der Waals surface area contributed by atoms with Crippen LogP contribution in [0.15, 0.2) is 27.5 Å². The topological polar surface area (TPSA) is 80.3 Å². The van der Waals surface area contributed by atoms with Crippen molar-refractivity contribution in [3.05, 3.63) is 44.3 Å². The van der Waals surface area contributed by atoms with Gasteiger partial charge < -0.3 is 15.4 Å². The van der Waals surface area contributed by atoms with Crippen LogP contribution in [0.3, 0.4) is 0 Å². The molecule has 6 nitrogen and oxygen atoms in total. The second-order valence-electron chi connectivity index (χ2n) is 4.70. The van der Waals surface area contributed by atoms with Gasteiger partial charge in [0.1, 0.15) is 5.69 Å². The van der Waals surface area contributed by atoms with Crippen molar-refractivity contribution < 1.29 is 14.3 Å². The summed E-state index contributed by atoms with van der Waals surface area (Å²) in [7, 11) is 1.55. The van der Waals surface area contributed by atoms with Crippen molar-refractivity contribution in [1.29, 1.82) is 0 Å². The number of alkyl halides is 1. The number of carbonyl (C=O) groups excluding carboxylic acids is 2. The van der Waals surface area contributed by atoms with Crippen molar-refractivity contribution in [2.45, 2.75) is 5.88 Å². The van der Waals surface area contributed by atoms with Crippen molar-refractivity contribution in [2.75, 3.05) is 25.6 Å². The van der Waals surface area contributed by atoms with Crippen LogP contribution in [0.2, 0.25) is 0 Å². The first-order valence-electron chi connectivity index (χ1n) is 6.93. The van der Waals surface area contributed by atoms with Crippen LogP contribution in [-0.4, -0.2) is 37.1 Å². The number of nitrogens with one attached hydrogen (secondary N) is 2. The summed E-state index contributed by atoms with van der Waals surface area (Å²) in [5.74, 6) is -0.429. The lowest BCUT2D eigenvalue weighted by Gasteiger charge is -2.12. The predicted octanol–water partition coefficient (Wildman–Crippen LogP) is 3.27. The monoisotopic (exact) mass is 431 g/mol. The molecule has 0 spiro atoms. The number of aromatic nitrogens is 1. The molecule has 1 aromatic carbocycles. The van der Waals surface area contributed by atoms with E-state index in [1.54, 1.807) is 30.7 Å². The quantitative estimate of drug-likeness (QED) is 0.520. The van der Waals surface area contributed by atoms with Gasteiger partial charge >= 0.3 is 0 Å². The van der Waals surface area contributed by atoms with E-state index in [-0.39, 0.29) is 23.4 Å². The molecule has 2 rings (SSSR count). The molecule has 0 atom stereocenters. The van der Waals surface area contributed by atoms with E-state index in [1.165, 1.54) is 11.3 Å². The van der Waals surface area contributed by atoms with Gasteiger partial charge in [0, 0.05) is 24.9 Å². The smallest absolute Gasteiger partial charge is 0.275 e. The van der Waals surface area contributed by atoms with Crippen LogP contribution >= 0.6 is 38.9 Å². The van der Waals surface area contributed by atoms with Crippen molar-refractivity contribution in [3.63, 3.8) is 0 Å². The van der Waals surface area contributed by atoms with E-state index in [0.717, 1.165) is 5.56 Å². The van der Waals surface area contributed by atoms with Gasteiger partial charge in [-0.25, -0.2) is 4.98 Å². The first kappa shape index (κ1) is 18.9. The molecule has 0 aliphatic heterocycles. The molecule has 9 heteroatoms. The fourth-order valence-corrected chi connectivity index (χ4v) is 3.03. The summed E-state index contributed by atoms with van der Waals surface area (Å²) in [6.45, 7) is 0.766. The second-order valence-corrected chi connectivity index (χ2v) is 7.10. The average molecular weight is 433 g/mol. The maximum atomic E-state index is 12.3. The Kier molecular flexibility index (Phi) is 7.16. The molecule has 2 N–H and O–H groups in total. The Morgan fingerprint density at radius 1 is 1.38 bits per heavy atom. The Labute approximate surface area is 156 Å². The molecule has 24 heavy (non-hydrogen) atoms. The normalized spacial score (nSPS) is 10.5. The largest absolute Gasteiger partial charge is 0.383 e. The number of amides is 2. The van der Waals surface area contributed by atoms with E-state index in [0.29, 0.717) is 28.3 Å². The minimum atomic E-state index is -0.387. The highest BCUT2D eigenvalue weighted by Crippen LogP contribution is 2.21. The maximum Gasteiger partial charge on any atom is 0.275 e. The first-order valence-corrected chi connectivity index (χ1v) is 9.14. The Balaban J connectivity index is 2.21. The number of ether oxygens (including phenoxy) is 1. The van der Waals surface area contributed by atoms with Crippen LogP contribution in [0.5, 0.6) is 0 Å². The third-order valence-corrected chi connectivity index (χ3v) is 4.71. The summed E-state index contributed by atoms with van der Waals surface area (Å²) in [6, 6.07) is 5.06. The maximum absolute atomic E-state index is 12.3. The van der Waals surface area contributed by atoms with Crippen molar-refractivity contribution >= 4 is 56.4 Å². The standard InChI is InChI=1S/C15H15BrClN3O3S/c1-23-5-4-18-13(21)10-6-9(7-17)2-3-11(10)19-14(22)12-8-24-15(16)20-12/h2-3,6,8H,4-5,7H2,1H3,(H,18,21)(H,19,22). The Morgan fingerprint density at radius 2 is 2.17 bits per heavy atom. The van der Waals surface area contributed by atoms with Crippen molar-refractivity contribution in [3.8, 4) is 0 Å². The molecule has 0 saturated carbocycles. The Morgan fingerprint density at radius 3 is 2.79 bits per heavy atom. The van der Waals surface area contributed by atoms with Gasteiger partial charge in [0.25, 0.3) is 11.8 Å². The fraction of sp³-hybridized carbons (Fsp3) is 0.267. The number of rotatable bonds is 7. The van der Waals surface area contributed by atoms with Gasteiger partial charge in [-0.05, 0) is 33.6 Å². The highest BCUT2D eigenvalue weighted by Gasteiger charge is 2.16. The molecule has 0 saturated heterocycles. The van der Waals surface area contributed by atoms with E-state index in [4.69, 9.17) is 16.3 Å². The molecule has 2 amide bonds. The van der Waals surface area contributed by atoms with Gasteiger partial charge in [-0.15, -0.1) is 22.9 Å². The molecule has 1 aromatic heterocycles. The van der Waals surface area contributed by atoms with Crippen LogP contribution in [-0.2, 0) is 10.6 Å². The number of anilines is 1. The lowest BCUT2D eigenvalue weighted by Crippen LogP contribution is -2.28. The van der Waals surface area contributed by atoms with E-state index in [2.05, 4.69) is 31.5 Å². The molecule has 0 unspecified atom stereocenters. The molecule has 0 aliphatic rings. The van der Waals surface area contributed by atoms with Crippen LogP contribution in [0.25, 0.3) is 0 Å². The summed E-state index contributed by atoms with van der Waals surface area (Å²) in [5, 5.41) is 7.07. The second kappa shape index (κ2) is 9.12. The van der Waals surface area contributed by atoms with Crippen molar-refractivity contribution in [2.24, 2.45) is 0 Å². The van der Waals surface area contributed by atoms with Gasteiger partial charge in [0.15, 0.2) is 3.92 Å². The van der Waals surface area contributed by atoms with Gasteiger partial charge in [-0.1, -0.05) is 6.07 Å². The number of hydrogen-bond donors (Lipinski definition) is 2. The summed E-state index contributed by atoms with van der Waals surface area (Å²) < 4.78 is 5.52. The molecule has 0 fully saturated rings. The molecule has 0 aliphatic carbocycles. The third-order valence-electron chi connectivity index (χ3n) is 3.03. The lowest BCUT2D eigenvalue weighted by atomic mass is 10.1. The number of carbonyl (C=O) groups is 2. The van der Waals surface area contributed by atoms with Crippen LogP contribution in [0.1, 0.15) is 26.4 Å². The number of thiazole rings is 1. The van der Waals surface area contributed by atoms with Gasteiger partial charge in [0.05, 0.1) is 17.9 Å². The number of hydrogen-bond acceptors (Lipinski definition) is 5. The zero-order chi connectivity index (χ0) is 17.5. The number of methoxy groups -OCH3 is 1. The third kappa shape index (κ3) is 5.01. The summed E-state index contributed by atoms with van der Waals surface area (Å²) in [6.07, 6.45) is 0. The van der Waals surface area contributed by atoms with Crippen LogP contribution in [0, 0.1) is 0 Å². The highest BCUT2D eigenvalue weighted by molar-refractivity contribution is 9.11. The van der Waals surface area contributed by atoms with E-state index < -0.39 is 0 Å². The lowest BCUT2D eigenvalue weighted by molar-refractivity contribution is 0.0938.